The monoisotopic (exact) mass is 372 g/mol. The number of carboxylic acid groups (broad SMARTS) is 1. The maximum atomic E-state index is 12.8. The summed E-state index contributed by atoms with van der Waals surface area (Å²) in [5.41, 5.74) is -0.424. The Kier molecular flexibility index (Phi) is 5.58. The molecule has 0 spiro atoms. The standard InChI is InChI=1S/C17H19F3N2O4/c1-21(9-14(24)25)16(26)12-7-8-13(23)22(2)15(12)10-3-5-11(6-4-10)17(18,19)20/h3-6,12,15H,7-9H2,1-2H3,(H,24,25)/t12-,15-/m1/s1. The third-order valence-electron chi connectivity index (χ3n) is 4.51. The van der Waals surface area contributed by atoms with Gasteiger partial charge in [-0.2, -0.15) is 13.2 Å². The van der Waals surface area contributed by atoms with Gasteiger partial charge in [0.2, 0.25) is 11.8 Å². The molecule has 26 heavy (non-hydrogen) atoms. The van der Waals surface area contributed by atoms with Crippen molar-refractivity contribution in [3.63, 3.8) is 0 Å². The molecule has 1 aliphatic rings. The normalized spacial score (nSPS) is 20.8. The molecule has 2 rings (SSSR count). The Morgan fingerprint density at radius 1 is 1.27 bits per heavy atom. The average molecular weight is 372 g/mol. The van der Waals surface area contributed by atoms with Crippen LogP contribution in [0.2, 0.25) is 0 Å². The lowest BCUT2D eigenvalue weighted by Crippen LogP contribution is -2.47. The SMILES string of the molecule is CN(CC(=O)O)C(=O)[C@@H]1CCC(=O)N(C)[C@@H]1c1ccc(C(F)(F)F)cc1. The third kappa shape index (κ3) is 4.14. The van der Waals surface area contributed by atoms with Gasteiger partial charge in [0.15, 0.2) is 0 Å². The molecule has 0 aromatic heterocycles. The molecule has 142 valence electrons. The minimum Gasteiger partial charge on any atom is -0.480 e. The van der Waals surface area contributed by atoms with E-state index < -0.39 is 42.1 Å². The molecule has 0 unspecified atom stereocenters. The molecule has 6 nitrogen and oxygen atoms in total. The first-order chi connectivity index (χ1) is 12.0. The maximum Gasteiger partial charge on any atom is 0.416 e. The minimum atomic E-state index is -4.48. The van der Waals surface area contributed by atoms with E-state index in [0.717, 1.165) is 17.0 Å². The molecule has 1 heterocycles. The van der Waals surface area contributed by atoms with Gasteiger partial charge in [0.1, 0.15) is 6.54 Å². The van der Waals surface area contributed by atoms with E-state index >= 15 is 0 Å². The predicted molar refractivity (Wildman–Crippen MR) is 85.0 cm³/mol. The second kappa shape index (κ2) is 7.35. The largest absolute Gasteiger partial charge is 0.480 e. The number of piperidine rings is 1. The van der Waals surface area contributed by atoms with Gasteiger partial charge in [-0.3, -0.25) is 14.4 Å². The molecule has 1 aliphatic heterocycles. The summed E-state index contributed by atoms with van der Waals surface area (Å²) < 4.78 is 38.3. The van der Waals surface area contributed by atoms with E-state index in [0.29, 0.717) is 5.56 Å². The zero-order valence-electron chi connectivity index (χ0n) is 14.3. The van der Waals surface area contributed by atoms with E-state index in [2.05, 4.69) is 0 Å². The van der Waals surface area contributed by atoms with Gasteiger partial charge < -0.3 is 14.9 Å². The van der Waals surface area contributed by atoms with Crippen LogP contribution in [0.3, 0.4) is 0 Å². The van der Waals surface area contributed by atoms with Gasteiger partial charge in [-0.25, -0.2) is 0 Å². The lowest BCUT2D eigenvalue weighted by Gasteiger charge is -2.39. The summed E-state index contributed by atoms with van der Waals surface area (Å²) >= 11 is 0. The Morgan fingerprint density at radius 3 is 2.35 bits per heavy atom. The number of rotatable bonds is 4. The summed E-state index contributed by atoms with van der Waals surface area (Å²) in [6.45, 7) is -0.493. The Balaban J connectivity index is 2.34. The fraction of sp³-hybridized carbons (Fsp3) is 0.471. The topological polar surface area (TPSA) is 77.9 Å². The van der Waals surface area contributed by atoms with Crippen LogP contribution in [-0.2, 0) is 20.6 Å². The number of likely N-dealkylation sites (tertiary alicyclic amines) is 1. The van der Waals surface area contributed by atoms with Gasteiger partial charge in [-0.1, -0.05) is 12.1 Å². The van der Waals surface area contributed by atoms with E-state index in [-0.39, 0.29) is 18.7 Å². The van der Waals surface area contributed by atoms with Crippen molar-refractivity contribution >= 4 is 17.8 Å². The third-order valence-corrected chi connectivity index (χ3v) is 4.51. The Labute approximate surface area is 148 Å². The van der Waals surface area contributed by atoms with E-state index in [9.17, 15) is 27.6 Å². The van der Waals surface area contributed by atoms with Crippen molar-refractivity contribution in [1.82, 2.24) is 9.80 Å². The minimum absolute atomic E-state index is 0.116. The van der Waals surface area contributed by atoms with Crippen LogP contribution in [0.25, 0.3) is 0 Å². The van der Waals surface area contributed by atoms with Crippen molar-refractivity contribution in [3.8, 4) is 0 Å². The zero-order valence-corrected chi connectivity index (χ0v) is 14.3. The molecular formula is C17H19F3N2O4. The summed E-state index contributed by atoms with van der Waals surface area (Å²) in [5, 5.41) is 8.85. The number of hydrogen-bond acceptors (Lipinski definition) is 3. The van der Waals surface area contributed by atoms with Gasteiger partial charge >= 0.3 is 12.1 Å². The van der Waals surface area contributed by atoms with Crippen LogP contribution in [0.4, 0.5) is 13.2 Å². The molecular weight excluding hydrogens is 353 g/mol. The first kappa shape index (κ1) is 19.7. The Bertz CT molecular complexity index is 703. The lowest BCUT2D eigenvalue weighted by molar-refractivity contribution is -0.150. The molecule has 1 fully saturated rings. The van der Waals surface area contributed by atoms with Crippen LogP contribution in [0, 0.1) is 5.92 Å². The number of amides is 2. The molecule has 1 saturated heterocycles. The summed E-state index contributed by atoms with van der Waals surface area (Å²) in [5.74, 6) is -2.58. The first-order valence-electron chi connectivity index (χ1n) is 7.92. The molecule has 0 aliphatic carbocycles. The molecule has 0 bridgehead atoms. The number of alkyl halides is 3. The first-order valence-corrected chi connectivity index (χ1v) is 7.92. The molecule has 0 radical (unpaired) electrons. The predicted octanol–water partition coefficient (Wildman–Crippen LogP) is 2.16. The van der Waals surface area contributed by atoms with Crippen molar-refractivity contribution in [1.29, 1.82) is 0 Å². The van der Waals surface area contributed by atoms with Crippen LogP contribution < -0.4 is 0 Å². The highest BCUT2D eigenvalue weighted by molar-refractivity contribution is 5.86. The molecule has 9 heteroatoms. The van der Waals surface area contributed by atoms with Crippen LogP contribution in [0.5, 0.6) is 0 Å². The Morgan fingerprint density at radius 2 is 1.85 bits per heavy atom. The van der Waals surface area contributed by atoms with Gasteiger partial charge in [0, 0.05) is 20.5 Å². The van der Waals surface area contributed by atoms with E-state index in [4.69, 9.17) is 5.11 Å². The number of benzene rings is 1. The van der Waals surface area contributed by atoms with Gasteiger partial charge in [-0.05, 0) is 24.1 Å². The number of likely N-dealkylation sites (N-methyl/N-ethyl adjacent to an activating group) is 1. The molecule has 1 aromatic rings. The number of hydrogen-bond donors (Lipinski definition) is 1. The second-order valence-electron chi connectivity index (χ2n) is 6.30. The number of halogens is 3. The maximum absolute atomic E-state index is 12.8. The molecule has 2 amide bonds. The molecule has 1 aromatic carbocycles. The average Bonchev–Trinajstić information content (AvgIpc) is 2.55. The van der Waals surface area contributed by atoms with Gasteiger partial charge in [0.05, 0.1) is 17.5 Å². The molecule has 1 N–H and O–H groups in total. The fourth-order valence-electron chi connectivity index (χ4n) is 3.19. The van der Waals surface area contributed by atoms with Crippen LogP contribution in [-0.4, -0.2) is 53.3 Å². The van der Waals surface area contributed by atoms with E-state index in [1.807, 2.05) is 0 Å². The van der Waals surface area contributed by atoms with Crippen molar-refractivity contribution in [3.05, 3.63) is 35.4 Å². The Hall–Kier alpha value is -2.58. The summed E-state index contributed by atoms with van der Waals surface area (Å²) in [6.07, 6.45) is -4.16. The zero-order chi connectivity index (χ0) is 19.6. The number of nitrogens with zero attached hydrogens (tertiary/aromatic N) is 2. The molecule has 0 saturated carbocycles. The van der Waals surface area contributed by atoms with Crippen LogP contribution >= 0.6 is 0 Å². The van der Waals surface area contributed by atoms with Crippen LogP contribution in [0.1, 0.15) is 30.0 Å². The summed E-state index contributed by atoms with van der Waals surface area (Å²) in [4.78, 5) is 37.9. The summed E-state index contributed by atoms with van der Waals surface area (Å²) in [6, 6.07) is 3.57. The second-order valence-corrected chi connectivity index (χ2v) is 6.30. The highest BCUT2D eigenvalue weighted by Gasteiger charge is 2.40. The lowest BCUT2D eigenvalue weighted by atomic mass is 9.83. The summed E-state index contributed by atoms with van der Waals surface area (Å²) in [7, 11) is 2.83. The number of carbonyl (C=O) groups is 3. The van der Waals surface area contributed by atoms with E-state index in [1.54, 1.807) is 0 Å². The highest BCUT2D eigenvalue weighted by atomic mass is 19.4. The number of carboxylic acids is 1. The van der Waals surface area contributed by atoms with E-state index in [1.165, 1.54) is 31.1 Å². The fourth-order valence-corrected chi connectivity index (χ4v) is 3.19. The number of carbonyl (C=O) groups excluding carboxylic acids is 2. The smallest absolute Gasteiger partial charge is 0.416 e. The number of aliphatic carboxylic acids is 1. The van der Waals surface area contributed by atoms with Gasteiger partial charge in [-0.15, -0.1) is 0 Å². The van der Waals surface area contributed by atoms with Crippen molar-refractivity contribution in [2.75, 3.05) is 20.6 Å². The van der Waals surface area contributed by atoms with Crippen molar-refractivity contribution in [2.24, 2.45) is 5.92 Å². The molecule has 2 atom stereocenters. The van der Waals surface area contributed by atoms with Gasteiger partial charge in [0.25, 0.3) is 0 Å². The highest BCUT2D eigenvalue weighted by Crippen LogP contribution is 2.38. The van der Waals surface area contributed by atoms with Crippen molar-refractivity contribution < 1.29 is 32.7 Å². The van der Waals surface area contributed by atoms with Crippen molar-refractivity contribution in [2.45, 2.75) is 25.1 Å². The van der Waals surface area contributed by atoms with Crippen LogP contribution in [0.15, 0.2) is 24.3 Å². The quantitative estimate of drug-likeness (QED) is 0.879.